The van der Waals surface area contributed by atoms with Crippen molar-refractivity contribution in [3.63, 3.8) is 0 Å². The van der Waals surface area contributed by atoms with E-state index in [0.717, 1.165) is 0 Å². The molecule has 6 nitrogen and oxygen atoms in total. The van der Waals surface area contributed by atoms with Crippen molar-refractivity contribution in [2.75, 3.05) is 17.2 Å². The van der Waals surface area contributed by atoms with Crippen LogP contribution in [0.15, 0.2) is 42.5 Å². The van der Waals surface area contributed by atoms with Crippen LogP contribution in [-0.4, -0.2) is 24.4 Å². The third-order valence-electron chi connectivity index (χ3n) is 3.46. The topological polar surface area (TPSA) is 84.5 Å². The number of carbonyl (C=O) groups excluding carboxylic acids is 3. The quantitative estimate of drug-likeness (QED) is 0.566. The fourth-order valence-electron chi connectivity index (χ4n) is 2.17. The molecule has 0 saturated heterocycles. The Balaban J connectivity index is 1.64. The molecule has 0 radical (unpaired) electrons. The van der Waals surface area contributed by atoms with Crippen LogP contribution in [0.4, 0.5) is 11.4 Å². The Morgan fingerprint density at radius 2 is 1.54 bits per heavy atom. The Labute approximate surface area is 177 Å². The van der Waals surface area contributed by atoms with Crippen LogP contribution >= 0.6 is 34.8 Å². The van der Waals surface area contributed by atoms with Crippen molar-refractivity contribution >= 4 is 64.0 Å². The zero-order chi connectivity index (χ0) is 20.5. The van der Waals surface area contributed by atoms with E-state index in [4.69, 9.17) is 39.5 Å². The largest absolute Gasteiger partial charge is 0.456 e. The molecule has 0 aliphatic carbocycles. The van der Waals surface area contributed by atoms with Gasteiger partial charge in [-0.2, -0.15) is 0 Å². The number of ether oxygens (including phenoxy) is 1. The summed E-state index contributed by atoms with van der Waals surface area (Å²) < 4.78 is 4.89. The first kappa shape index (κ1) is 22.0. The highest BCUT2D eigenvalue weighted by atomic mass is 35.5. The molecule has 2 rings (SSSR count). The van der Waals surface area contributed by atoms with Crippen LogP contribution in [0.25, 0.3) is 0 Å². The van der Waals surface area contributed by atoms with Gasteiger partial charge >= 0.3 is 5.97 Å². The number of carbonyl (C=O) groups is 3. The fraction of sp³-hybridized carbons (Fsp3) is 0.211. The van der Waals surface area contributed by atoms with Gasteiger partial charge in [0.25, 0.3) is 5.91 Å². The van der Waals surface area contributed by atoms with E-state index in [-0.39, 0.29) is 25.2 Å². The predicted molar refractivity (Wildman–Crippen MR) is 110 cm³/mol. The highest BCUT2D eigenvalue weighted by Gasteiger charge is 2.10. The third-order valence-corrected chi connectivity index (χ3v) is 4.43. The maximum atomic E-state index is 11.9. The number of rotatable bonds is 8. The SMILES string of the molecule is O=C(CCCC(=O)OCC(=O)Nc1cccc(Cl)c1)Nc1ccc(Cl)c(Cl)c1. The molecule has 0 aromatic heterocycles. The minimum Gasteiger partial charge on any atom is -0.456 e. The summed E-state index contributed by atoms with van der Waals surface area (Å²) in [5.74, 6) is -1.32. The first-order valence-corrected chi connectivity index (χ1v) is 9.43. The van der Waals surface area contributed by atoms with E-state index in [2.05, 4.69) is 10.6 Å². The van der Waals surface area contributed by atoms with E-state index in [1.54, 1.807) is 36.4 Å². The van der Waals surface area contributed by atoms with Gasteiger partial charge in [-0.3, -0.25) is 14.4 Å². The van der Waals surface area contributed by atoms with Crippen molar-refractivity contribution in [1.29, 1.82) is 0 Å². The lowest BCUT2D eigenvalue weighted by molar-refractivity contribution is -0.147. The van der Waals surface area contributed by atoms with Crippen molar-refractivity contribution < 1.29 is 19.1 Å². The summed E-state index contributed by atoms with van der Waals surface area (Å²) in [6.07, 6.45) is 0.408. The van der Waals surface area contributed by atoms with Crippen LogP contribution in [0.5, 0.6) is 0 Å². The number of amides is 2. The molecular formula is C19H17Cl3N2O4. The summed E-state index contributed by atoms with van der Waals surface area (Å²) >= 11 is 17.5. The summed E-state index contributed by atoms with van der Waals surface area (Å²) in [6.45, 7) is -0.416. The van der Waals surface area contributed by atoms with E-state index in [1.807, 2.05) is 0 Å². The fourth-order valence-corrected chi connectivity index (χ4v) is 2.66. The molecule has 0 saturated carbocycles. The summed E-state index contributed by atoms with van der Waals surface area (Å²) in [7, 11) is 0. The van der Waals surface area contributed by atoms with Crippen LogP contribution in [-0.2, 0) is 19.1 Å². The number of esters is 1. The van der Waals surface area contributed by atoms with E-state index >= 15 is 0 Å². The number of anilines is 2. The van der Waals surface area contributed by atoms with E-state index in [1.165, 1.54) is 6.07 Å². The van der Waals surface area contributed by atoms with E-state index < -0.39 is 18.5 Å². The highest BCUT2D eigenvalue weighted by molar-refractivity contribution is 6.42. The Morgan fingerprint density at radius 1 is 0.821 bits per heavy atom. The summed E-state index contributed by atoms with van der Waals surface area (Å²) in [5, 5.41) is 6.42. The monoisotopic (exact) mass is 442 g/mol. The van der Waals surface area contributed by atoms with Gasteiger partial charge in [-0.05, 0) is 42.8 Å². The van der Waals surface area contributed by atoms with Crippen LogP contribution in [0.1, 0.15) is 19.3 Å². The molecule has 0 unspecified atom stereocenters. The van der Waals surface area contributed by atoms with Crippen LogP contribution < -0.4 is 10.6 Å². The number of benzene rings is 2. The van der Waals surface area contributed by atoms with Crippen LogP contribution in [0.3, 0.4) is 0 Å². The molecule has 28 heavy (non-hydrogen) atoms. The summed E-state index contributed by atoms with van der Waals surface area (Å²) in [5.41, 5.74) is 1.02. The van der Waals surface area contributed by atoms with E-state index in [9.17, 15) is 14.4 Å². The molecule has 148 valence electrons. The Bertz CT molecular complexity index is 874. The molecule has 0 aliphatic heterocycles. The first-order valence-electron chi connectivity index (χ1n) is 8.29. The smallest absolute Gasteiger partial charge is 0.306 e. The second-order valence-corrected chi connectivity index (χ2v) is 7.00. The van der Waals surface area contributed by atoms with E-state index in [0.29, 0.717) is 26.4 Å². The molecule has 9 heteroatoms. The minimum absolute atomic E-state index is 0.0131. The minimum atomic E-state index is -0.566. The van der Waals surface area contributed by atoms with Gasteiger partial charge in [0.05, 0.1) is 10.0 Å². The van der Waals surface area contributed by atoms with Crippen LogP contribution in [0.2, 0.25) is 15.1 Å². The Hall–Kier alpha value is -2.28. The molecule has 2 aromatic rings. The zero-order valence-electron chi connectivity index (χ0n) is 14.6. The van der Waals surface area contributed by atoms with Gasteiger partial charge in [-0.15, -0.1) is 0 Å². The van der Waals surface area contributed by atoms with Gasteiger partial charge in [-0.25, -0.2) is 0 Å². The molecule has 0 heterocycles. The maximum Gasteiger partial charge on any atom is 0.306 e. The molecule has 0 atom stereocenters. The zero-order valence-corrected chi connectivity index (χ0v) is 16.9. The average Bonchev–Trinajstić information content (AvgIpc) is 2.63. The maximum absolute atomic E-state index is 11.9. The molecule has 0 bridgehead atoms. The Kier molecular flexibility index (Phi) is 8.57. The Morgan fingerprint density at radius 3 is 2.25 bits per heavy atom. The van der Waals surface area contributed by atoms with Gasteiger partial charge < -0.3 is 15.4 Å². The molecule has 0 aliphatic rings. The second kappa shape index (κ2) is 10.9. The van der Waals surface area contributed by atoms with Gasteiger partial charge in [-0.1, -0.05) is 40.9 Å². The molecule has 2 amide bonds. The average molecular weight is 444 g/mol. The highest BCUT2D eigenvalue weighted by Crippen LogP contribution is 2.25. The van der Waals surface area contributed by atoms with Crippen LogP contribution in [0, 0.1) is 0 Å². The summed E-state index contributed by atoms with van der Waals surface area (Å²) in [4.78, 5) is 35.3. The molecule has 2 N–H and O–H groups in total. The van der Waals surface area contributed by atoms with Crippen molar-refractivity contribution in [2.45, 2.75) is 19.3 Å². The molecule has 2 aromatic carbocycles. The van der Waals surface area contributed by atoms with Gasteiger partial charge in [0, 0.05) is 29.2 Å². The normalized spacial score (nSPS) is 10.2. The van der Waals surface area contributed by atoms with Crippen molar-refractivity contribution in [3.8, 4) is 0 Å². The van der Waals surface area contributed by atoms with Gasteiger partial charge in [0.2, 0.25) is 5.91 Å². The third kappa shape index (κ3) is 7.76. The molecule has 0 spiro atoms. The second-order valence-electron chi connectivity index (χ2n) is 5.75. The lowest BCUT2D eigenvalue weighted by Crippen LogP contribution is -2.21. The predicted octanol–water partition coefficient (Wildman–Crippen LogP) is 4.94. The van der Waals surface area contributed by atoms with Gasteiger partial charge in [0.15, 0.2) is 6.61 Å². The number of halogens is 3. The van der Waals surface area contributed by atoms with Crippen molar-refractivity contribution in [2.24, 2.45) is 0 Å². The number of hydrogen-bond donors (Lipinski definition) is 2. The van der Waals surface area contributed by atoms with Gasteiger partial charge in [0.1, 0.15) is 0 Å². The number of hydrogen-bond acceptors (Lipinski definition) is 4. The lowest BCUT2D eigenvalue weighted by Gasteiger charge is -2.08. The number of nitrogens with one attached hydrogen (secondary N) is 2. The van der Waals surface area contributed by atoms with Crippen molar-refractivity contribution in [1.82, 2.24) is 0 Å². The summed E-state index contributed by atoms with van der Waals surface area (Å²) in [6, 6.07) is 11.3. The molecular weight excluding hydrogens is 427 g/mol. The van der Waals surface area contributed by atoms with Crippen molar-refractivity contribution in [3.05, 3.63) is 57.5 Å². The standard InChI is InChI=1S/C19H17Cl3N2O4/c20-12-3-1-4-13(9-12)24-18(26)11-28-19(27)6-2-5-17(25)23-14-7-8-15(21)16(22)10-14/h1,3-4,7-10H,2,5-6,11H2,(H,23,25)(H,24,26). The lowest BCUT2D eigenvalue weighted by atomic mass is 10.2. The first-order chi connectivity index (χ1) is 13.3. The molecule has 0 fully saturated rings.